The van der Waals surface area contributed by atoms with Crippen LogP contribution in [0.3, 0.4) is 0 Å². The number of anilines is 1. The average molecular weight is 357 g/mol. The Bertz CT molecular complexity index is 978. The minimum atomic E-state index is -0.536. The highest BCUT2D eigenvalue weighted by Crippen LogP contribution is 2.25. The van der Waals surface area contributed by atoms with Gasteiger partial charge in [0.15, 0.2) is 0 Å². The molecular weight excluding hydrogens is 342 g/mol. The van der Waals surface area contributed by atoms with Gasteiger partial charge in [-0.1, -0.05) is 0 Å². The van der Waals surface area contributed by atoms with E-state index in [9.17, 15) is 24.5 Å². The smallest absolute Gasteiger partial charge is 0.312 e. The molecule has 0 saturated carbocycles. The normalized spacial score (nSPS) is 13.1. The first-order chi connectivity index (χ1) is 12.2. The molecule has 26 heavy (non-hydrogen) atoms. The lowest BCUT2D eigenvalue weighted by molar-refractivity contribution is -0.386. The van der Waals surface area contributed by atoms with E-state index in [0.29, 0.717) is 5.69 Å². The van der Waals surface area contributed by atoms with E-state index >= 15 is 0 Å². The summed E-state index contributed by atoms with van der Waals surface area (Å²) < 4.78 is 1.25. The lowest BCUT2D eigenvalue weighted by atomic mass is 10.1. The number of benzene rings is 1. The molecule has 0 atom stereocenters. The first-order valence-corrected chi connectivity index (χ1v) is 7.65. The van der Waals surface area contributed by atoms with Crippen molar-refractivity contribution in [1.29, 1.82) is 0 Å². The fourth-order valence-corrected chi connectivity index (χ4v) is 2.88. The van der Waals surface area contributed by atoms with Crippen molar-refractivity contribution in [2.45, 2.75) is 20.4 Å². The third kappa shape index (κ3) is 2.70. The molecule has 0 bridgehead atoms. The van der Waals surface area contributed by atoms with Gasteiger partial charge in [0.1, 0.15) is 17.9 Å². The van der Waals surface area contributed by atoms with E-state index in [0.717, 1.165) is 4.90 Å². The number of imide groups is 1. The Kier molecular flexibility index (Phi) is 4.03. The molecular formula is C16H15N5O5. The van der Waals surface area contributed by atoms with E-state index in [1.165, 1.54) is 43.8 Å². The van der Waals surface area contributed by atoms with E-state index in [4.69, 9.17) is 0 Å². The Morgan fingerprint density at radius 3 is 2.50 bits per heavy atom. The second kappa shape index (κ2) is 6.06. The molecule has 0 fully saturated rings. The first-order valence-electron chi connectivity index (χ1n) is 7.65. The van der Waals surface area contributed by atoms with Gasteiger partial charge in [0.25, 0.3) is 11.8 Å². The summed E-state index contributed by atoms with van der Waals surface area (Å²) in [4.78, 5) is 47.6. The van der Waals surface area contributed by atoms with Gasteiger partial charge in [-0.3, -0.25) is 34.1 Å². The topological polar surface area (TPSA) is 127 Å². The van der Waals surface area contributed by atoms with E-state index in [-0.39, 0.29) is 34.7 Å². The number of hydrogen-bond donors (Lipinski definition) is 1. The molecule has 0 spiro atoms. The number of carbonyl (C=O) groups is 3. The second-order valence-electron chi connectivity index (χ2n) is 5.91. The average Bonchev–Trinajstić information content (AvgIpc) is 2.96. The minimum Gasteiger partial charge on any atom is -0.324 e. The monoisotopic (exact) mass is 357 g/mol. The van der Waals surface area contributed by atoms with Crippen molar-refractivity contribution < 1.29 is 19.3 Å². The zero-order chi connectivity index (χ0) is 19.2. The lowest BCUT2D eigenvalue weighted by Crippen LogP contribution is -2.24. The predicted octanol–water partition coefficient (Wildman–Crippen LogP) is 1.27. The molecule has 1 aromatic heterocycles. The Labute approximate surface area is 147 Å². The molecule has 10 heteroatoms. The van der Waals surface area contributed by atoms with Crippen molar-refractivity contribution in [3.8, 4) is 0 Å². The fourth-order valence-electron chi connectivity index (χ4n) is 2.88. The van der Waals surface area contributed by atoms with Crippen molar-refractivity contribution in [3.63, 3.8) is 0 Å². The molecule has 1 N–H and O–H groups in total. The molecule has 3 amide bonds. The van der Waals surface area contributed by atoms with Crippen LogP contribution in [0, 0.1) is 24.0 Å². The Hall–Kier alpha value is -3.56. The molecule has 0 saturated heterocycles. The summed E-state index contributed by atoms with van der Waals surface area (Å²) in [5, 5.41) is 17.6. The van der Waals surface area contributed by atoms with Gasteiger partial charge in [-0.25, -0.2) is 0 Å². The van der Waals surface area contributed by atoms with Crippen LogP contribution in [0.15, 0.2) is 18.2 Å². The number of fused-ring (bicyclic) bond motifs is 1. The van der Waals surface area contributed by atoms with Crippen molar-refractivity contribution in [2.24, 2.45) is 0 Å². The maximum atomic E-state index is 12.2. The van der Waals surface area contributed by atoms with Crippen molar-refractivity contribution >= 4 is 29.1 Å². The molecule has 2 aromatic rings. The van der Waals surface area contributed by atoms with Crippen LogP contribution in [0.4, 0.5) is 11.4 Å². The van der Waals surface area contributed by atoms with E-state index in [1.54, 1.807) is 0 Å². The summed E-state index contributed by atoms with van der Waals surface area (Å²) in [6.07, 6.45) is 0. The van der Waals surface area contributed by atoms with Crippen LogP contribution in [0.1, 0.15) is 32.1 Å². The molecule has 2 heterocycles. The SMILES string of the molecule is Cc1nn(CC(=O)Nc2ccc3c(c2)C(=O)N(C)C3=O)c(C)c1[N+](=O)[O-]. The molecule has 1 aliphatic heterocycles. The maximum Gasteiger partial charge on any atom is 0.312 e. The van der Waals surface area contributed by atoms with Crippen molar-refractivity contribution in [3.05, 3.63) is 50.8 Å². The van der Waals surface area contributed by atoms with E-state index in [1.807, 2.05) is 0 Å². The summed E-state index contributed by atoms with van der Waals surface area (Å²) in [5.74, 6) is -1.29. The van der Waals surface area contributed by atoms with Crippen LogP contribution in [-0.4, -0.2) is 44.4 Å². The number of carbonyl (C=O) groups excluding carboxylic acids is 3. The largest absolute Gasteiger partial charge is 0.324 e. The van der Waals surface area contributed by atoms with Gasteiger partial charge in [-0.05, 0) is 32.0 Å². The number of nitro groups is 1. The Balaban J connectivity index is 1.78. The number of aromatic nitrogens is 2. The quantitative estimate of drug-likeness (QED) is 0.499. The highest BCUT2D eigenvalue weighted by atomic mass is 16.6. The summed E-state index contributed by atoms with van der Waals surface area (Å²) in [7, 11) is 1.39. The highest BCUT2D eigenvalue weighted by Gasteiger charge is 2.32. The highest BCUT2D eigenvalue weighted by molar-refractivity contribution is 6.21. The molecule has 0 radical (unpaired) electrons. The lowest BCUT2D eigenvalue weighted by Gasteiger charge is -2.07. The molecule has 134 valence electrons. The van der Waals surface area contributed by atoms with Gasteiger partial charge >= 0.3 is 5.69 Å². The molecule has 1 aromatic carbocycles. The van der Waals surface area contributed by atoms with Crippen LogP contribution >= 0.6 is 0 Å². The van der Waals surface area contributed by atoms with Crippen LogP contribution in [-0.2, 0) is 11.3 Å². The summed E-state index contributed by atoms with van der Waals surface area (Å²) in [6.45, 7) is 2.80. The molecule has 0 aliphatic carbocycles. The van der Waals surface area contributed by atoms with Gasteiger partial charge in [0.05, 0.1) is 16.1 Å². The Morgan fingerprint density at radius 1 is 1.23 bits per heavy atom. The van der Waals surface area contributed by atoms with E-state index in [2.05, 4.69) is 10.4 Å². The van der Waals surface area contributed by atoms with E-state index < -0.39 is 22.6 Å². The maximum absolute atomic E-state index is 12.2. The summed E-state index contributed by atoms with van der Waals surface area (Å²) in [6, 6.07) is 4.42. The van der Waals surface area contributed by atoms with Gasteiger partial charge in [-0.15, -0.1) is 0 Å². The molecule has 3 rings (SSSR count). The molecule has 10 nitrogen and oxygen atoms in total. The number of hydrogen-bond acceptors (Lipinski definition) is 6. The van der Waals surface area contributed by atoms with Crippen molar-refractivity contribution in [1.82, 2.24) is 14.7 Å². The second-order valence-corrected chi connectivity index (χ2v) is 5.91. The first kappa shape index (κ1) is 17.3. The fraction of sp³-hybridized carbons (Fsp3) is 0.250. The van der Waals surface area contributed by atoms with Gasteiger partial charge in [-0.2, -0.15) is 5.10 Å². The Morgan fingerprint density at radius 2 is 1.88 bits per heavy atom. The zero-order valence-electron chi connectivity index (χ0n) is 14.3. The number of rotatable bonds is 4. The standard InChI is InChI=1S/C16H15N5O5/c1-8-14(21(25)26)9(2)20(18-8)7-13(22)17-10-4-5-11-12(6-10)16(24)19(3)15(11)23/h4-6H,7H2,1-3H3,(H,17,22). The number of nitrogens with zero attached hydrogens (tertiary/aromatic N) is 4. The molecule has 0 unspecified atom stereocenters. The predicted molar refractivity (Wildman–Crippen MR) is 89.9 cm³/mol. The van der Waals surface area contributed by atoms with Crippen LogP contribution in [0.5, 0.6) is 0 Å². The van der Waals surface area contributed by atoms with Crippen LogP contribution < -0.4 is 5.32 Å². The third-order valence-corrected chi connectivity index (χ3v) is 4.19. The number of aryl methyl sites for hydroxylation is 1. The van der Waals surface area contributed by atoms with Crippen LogP contribution in [0.2, 0.25) is 0 Å². The number of amides is 3. The zero-order valence-corrected chi connectivity index (χ0v) is 14.3. The van der Waals surface area contributed by atoms with Gasteiger partial charge < -0.3 is 5.32 Å². The third-order valence-electron chi connectivity index (χ3n) is 4.19. The summed E-state index contributed by atoms with van der Waals surface area (Å²) in [5.41, 5.74) is 1.23. The molecule has 1 aliphatic rings. The van der Waals surface area contributed by atoms with Crippen molar-refractivity contribution in [2.75, 3.05) is 12.4 Å². The van der Waals surface area contributed by atoms with Gasteiger partial charge in [0.2, 0.25) is 5.91 Å². The number of nitrogens with one attached hydrogen (secondary N) is 1. The minimum absolute atomic E-state index is 0.123. The summed E-state index contributed by atoms with van der Waals surface area (Å²) >= 11 is 0. The van der Waals surface area contributed by atoms with Crippen LogP contribution in [0.25, 0.3) is 0 Å². The van der Waals surface area contributed by atoms with Gasteiger partial charge in [0, 0.05) is 12.7 Å².